The minimum absolute atomic E-state index is 0.0468. The van der Waals surface area contributed by atoms with Crippen LogP contribution in [-0.2, 0) is 0 Å². The van der Waals surface area contributed by atoms with Gasteiger partial charge in [-0.05, 0) is 13.0 Å². The summed E-state index contributed by atoms with van der Waals surface area (Å²) in [5, 5.41) is 19.7. The Kier molecular flexibility index (Phi) is 3.73. The molecule has 0 fully saturated rings. The standard InChI is InChI=1S/C9H9F2NO4/c1-5(13)7-4-6(12(14)15)2-3-8(7)16-9(10)11/h2-5,9,13H,1H3/t5-/m1/s1. The van der Waals surface area contributed by atoms with Gasteiger partial charge in [0.2, 0.25) is 0 Å². The predicted octanol–water partition coefficient (Wildman–Crippen LogP) is 2.25. The number of alkyl halides is 2. The minimum atomic E-state index is -3.04. The van der Waals surface area contributed by atoms with Crippen LogP contribution in [0.1, 0.15) is 18.6 Å². The summed E-state index contributed by atoms with van der Waals surface area (Å²) in [5.41, 5.74) is -0.341. The summed E-state index contributed by atoms with van der Waals surface area (Å²) in [5.74, 6) is -0.268. The number of non-ortho nitro benzene ring substituents is 1. The van der Waals surface area contributed by atoms with Gasteiger partial charge in [-0.1, -0.05) is 0 Å². The third kappa shape index (κ3) is 2.86. The second kappa shape index (κ2) is 4.84. The zero-order chi connectivity index (χ0) is 12.3. The highest BCUT2D eigenvalue weighted by molar-refractivity contribution is 5.44. The van der Waals surface area contributed by atoms with Gasteiger partial charge >= 0.3 is 6.61 Å². The maximum Gasteiger partial charge on any atom is 0.387 e. The van der Waals surface area contributed by atoms with Crippen LogP contribution in [0, 0.1) is 10.1 Å². The van der Waals surface area contributed by atoms with Gasteiger partial charge in [0.1, 0.15) is 5.75 Å². The van der Waals surface area contributed by atoms with Crippen molar-refractivity contribution in [2.75, 3.05) is 0 Å². The molecular formula is C9H9F2NO4. The van der Waals surface area contributed by atoms with Crippen LogP contribution in [0.15, 0.2) is 18.2 Å². The maximum absolute atomic E-state index is 12.0. The summed E-state index contributed by atoms with van der Waals surface area (Å²) in [7, 11) is 0. The van der Waals surface area contributed by atoms with E-state index in [0.717, 1.165) is 18.2 Å². The zero-order valence-electron chi connectivity index (χ0n) is 8.26. The SMILES string of the molecule is C[C@@H](O)c1cc([N+](=O)[O-])ccc1OC(F)F. The van der Waals surface area contributed by atoms with E-state index in [4.69, 9.17) is 0 Å². The van der Waals surface area contributed by atoms with Crippen molar-refractivity contribution in [3.63, 3.8) is 0 Å². The molecule has 0 bridgehead atoms. The first-order chi connectivity index (χ1) is 7.41. The highest BCUT2D eigenvalue weighted by Crippen LogP contribution is 2.30. The average molecular weight is 233 g/mol. The Bertz CT molecular complexity index is 395. The number of hydrogen-bond donors (Lipinski definition) is 1. The lowest BCUT2D eigenvalue weighted by atomic mass is 10.1. The van der Waals surface area contributed by atoms with Crippen LogP contribution in [0.4, 0.5) is 14.5 Å². The van der Waals surface area contributed by atoms with Crippen molar-refractivity contribution < 1.29 is 23.5 Å². The first-order valence-electron chi connectivity index (χ1n) is 4.33. The van der Waals surface area contributed by atoms with Crippen LogP contribution >= 0.6 is 0 Å². The van der Waals surface area contributed by atoms with E-state index in [-0.39, 0.29) is 17.0 Å². The van der Waals surface area contributed by atoms with Gasteiger partial charge < -0.3 is 9.84 Å². The molecule has 1 atom stereocenters. The summed E-state index contributed by atoms with van der Waals surface area (Å²) in [6.07, 6.45) is -1.13. The summed E-state index contributed by atoms with van der Waals surface area (Å²) >= 11 is 0. The Balaban J connectivity index is 3.14. The topological polar surface area (TPSA) is 72.6 Å². The van der Waals surface area contributed by atoms with Crippen LogP contribution in [0.2, 0.25) is 0 Å². The molecule has 1 aromatic rings. The number of ether oxygens (including phenoxy) is 1. The van der Waals surface area contributed by atoms with E-state index < -0.39 is 17.6 Å². The number of benzene rings is 1. The summed E-state index contributed by atoms with van der Waals surface area (Å²) < 4.78 is 28.1. The van der Waals surface area contributed by atoms with Crippen molar-refractivity contribution in [1.29, 1.82) is 0 Å². The van der Waals surface area contributed by atoms with E-state index in [1.807, 2.05) is 0 Å². The number of hydrogen-bond acceptors (Lipinski definition) is 4. The molecule has 0 aliphatic rings. The third-order valence-corrected chi connectivity index (χ3v) is 1.87. The normalized spacial score (nSPS) is 12.6. The molecule has 0 unspecified atom stereocenters. The fourth-order valence-electron chi connectivity index (χ4n) is 1.18. The lowest BCUT2D eigenvalue weighted by Gasteiger charge is -2.12. The second-order valence-corrected chi connectivity index (χ2v) is 3.03. The molecule has 1 N–H and O–H groups in total. The maximum atomic E-state index is 12.0. The quantitative estimate of drug-likeness (QED) is 0.639. The van der Waals surface area contributed by atoms with Gasteiger partial charge in [-0.3, -0.25) is 10.1 Å². The monoisotopic (exact) mass is 233 g/mol. The Labute approximate surface area is 89.4 Å². The molecule has 0 saturated carbocycles. The van der Waals surface area contributed by atoms with Gasteiger partial charge in [0, 0.05) is 17.7 Å². The molecule has 5 nitrogen and oxygen atoms in total. The van der Waals surface area contributed by atoms with Crippen molar-refractivity contribution in [2.24, 2.45) is 0 Å². The fraction of sp³-hybridized carbons (Fsp3) is 0.333. The Morgan fingerprint density at radius 3 is 2.56 bits per heavy atom. The van der Waals surface area contributed by atoms with Crippen molar-refractivity contribution in [3.8, 4) is 5.75 Å². The van der Waals surface area contributed by atoms with Gasteiger partial charge in [0.25, 0.3) is 5.69 Å². The summed E-state index contributed by atoms with van der Waals surface area (Å²) in [6.45, 7) is -1.74. The fourth-order valence-corrected chi connectivity index (χ4v) is 1.18. The Hall–Kier alpha value is -1.76. The highest BCUT2D eigenvalue weighted by Gasteiger charge is 2.17. The number of rotatable bonds is 4. The number of nitrogens with zero attached hydrogens (tertiary/aromatic N) is 1. The third-order valence-electron chi connectivity index (χ3n) is 1.87. The smallest absolute Gasteiger partial charge is 0.387 e. The molecular weight excluding hydrogens is 224 g/mol. The van der Waals surface area contributed by atoms with E-state index in [0.29, 0.717) is 0 Å². The van der Waals surface area contributed by atoms with Gasteiger partial charge in [-0.25, -0.2) is 0 Å². The number of halogens is 2. The van der Waals surface area contributed by atoms with Gasteiger partial charge in [0.15, 0.2) is 0 Å². The first kappa shape index (κ1) is 12.3. The molecule has 0 aliphatic carbocycles. The highest BCUT2D eigenvalue weighted by atomic mass is 19.3. The lowest BCUT2D eigenvalue weighted by Crippen LogP contribution is -2.06. The molecule has 0 radical (unpaired) electrons. The number of nitro benzene ring substituents is 1. The predicted molar refractivity (Wildman–Crippen MR) is 50.4 cm³/mol. The summed E-state index contributed by atoms with van der Waals surface area (Å²) in [4.78, 5) is 9.76. The van der Waals surface area contributed by atoms with E-state index in [9.17, 15) is 24.0 Å². The van der Waals surface area contributed by atoms with Crippen LogP contribution in [0.25, 0.3) is 0 Å². The molecule has 0 aromatic heterocycles. The van der Waals surface area contributed by atoms with Crippen LogP contribution in [-0.4, -0.2) is 16.6 Å². The molecule has 88 valence electrons. The van der Waals surface area contributed by atoms with Gasteiger partial charge in [0.05, 0.1) is 11.0 Å². The molecule has 16 heavy (non-hydrogen) atoms. The summed E-state index contributed by atoms with van der Waals surface area (Å²) in [6, 6.07) is 3.07. The zero-order valence-corrected chi connectivity index (χ0v) is 8.26. The van der Waals surface area contributed by atoms with Crippen molar-refractivity contribution >= 4 is 5.69 Å². The molecule has 0 heterocycles. The molecule has 1 rings (SSSR count). The number of aliphatic hydroxyl groups is 1. The second-order valence-electron chi connectivity index (χ2n) is 3.03. The van der Waals surface area contributed by atoms with E-state index >= 15 is 0 Å². The lowest BCUT2D eigenvalue weighted by molar-refractivity contribution is -0.385. The van der Waals surface area contributed by atoms with Crippen LogP contribution in [0.3, 0.4) is 0 Å². The molecule has 0 saturated heterocycles. The minimum Gasteiger partial charge on any atom is -0.434 e. The van der Waals surface area contributed by atoms with Gasteiger partial charge in [-0.15, -0.1) is 0 Å². The largest absolute Gasteiger partial charge is 0.434 e. The van der Waals surface area contributed by atoms with Crippen molar-refractivity contribution in [3.05, 3.63) is 33.9 Å². The van der Waals surface area contributed by atoms with Crippen LogP contribution < -0.4 is 4.74 Å². The average Bonchev–Trinajstić information content (AvgIpc) is 2.16. The Morgan fingerprint density at radius 1 is 1.50 bits per heavy atom. The van der Waals surface area contributed by atoms with Gasteiger partial charge in [-0.2, -0.15) is 8.78 Å². The molecule has 0 spiro atoms. The molecule has 0 amide bonds. The molecule has 1 aromatic carbocycles. The number of aliphatic hydroxyl groups excluding tert-OH is 1. The molecule has 7 heteroatoms. The van der Waals surface area contributed by atoms with Crippen molar-refractivity contribution in [1.82, 2.24) is 0 Å². The van der Waals surface area contributed by atoms with E-state index in [1.54, 1.807) is 0 Å². The van der Waals surface area contributed by atoms with E-state index in [1.165, 1.54) is 6.92 Å². The first-order valence-corrected chi connectivity index (χ1v) is 4.33. The van der Waals surface area contributed by atoms with Crippen molar-refractivity contribution in [2.45, 2.75) is 19.6 Å². The van der Waals surface area contributed by atoms with Crippen LogP contribution in [0.5, 0.6) is 5.75 Å². The number of nitro groups is 1. The molecule has 0 aliphatic heterocycles. The van der Waals surface area contributed by atoms with E-state index in [2.05, 4.69) is 4.74 Å². The Morgan fingerprint density at radius 2 is 2.12 bits per heavy atom.